The number of hydrogen-bond donors (Lipinski definition) is 0. The highest BCUT2D eigenvalue weighted by Gasteiger charge is 1.84. The van der Waals surface area contributed by atoms with Crippen molar-refractivity contribution < 1.29 is 24.8 Å². The maximum absolute atomic E-state index is 9.80. The summed E-state index contributed by atoms with van der Waals surface area (Å²) in [5, 5.41) is 18.6. The van der Waals surface area contributed by atoms with E-state index in [4.69, 9.17) is 5.26 Å². The average Bonchev–Trinajstić information content (AvgIpc) is 1.83. The fraction of sp³-hybridized carbons (Fsp3) is 0. The number of hydrogen-bond acceptors (Lipinski definition) is 5. The normalized spacial score (nSPS) is 9.44. The summed E-state index contributed by atoms with van der Waals surface area (Å²) >= 11 is 0. The first-order valence-electron chi connectivity index (χ1n) is 1.89. The molecular weight excluding hydrogens is 128 g/mol. The molecule has 0 aliphatic heterocycles. The summed E-state index contributed by atoms with van der Waals surface area (Å²) in [7, 11) is 0. The number of carbonyl (C=O) groups excluding carboxylic acids is 2. The van der Waals surface area contributed by atoms with Crippen molar-refractivity contribution in [3.63, 3.8) is 0 Å². The molecule has 0 spiro atoms. The molecule has 0 amide bonds. The molecule has 9 heavy (non-hydrogen) atoms. The van der Waals surface area contributed by atoms with Gasteiger partial charge >= 0.3 is 5.97 Å². The van der Waals surface area contributed by atoms with Gasteiger partial charge in [0, 0.05) is 6.08 Å². The van der Waals surface area contributed by atoms with Crippen molar-refractivity contribution in [3.8, 4) is 0 Å². The second-order valence-electron chi connectivity index (χ2n) is 1.05. The molecule has 5 heteroatoms. The van der Waals surface area contributed by atoms with E-state index in [9.17, 15) is 14.7 Å². The fourth-order valence-electron chi connectivity index (χ4n) is 0.164. The van der Waals surface area contributed by atoms with Gasteiger partial charge in [0.05, 0.1) is 5.97 Å². The van der Waals surface area contributed by atoms with Crippen LogP contribution in [0.3, 0.4) is 0 Å². The van der Waals surface area contributed by atoms with Gasteiger partial charge in [-0.05, 0) is 6.08 Å². The van der Waals surface area contributed by atoms with Crippen molar-refractivity contribution in [1.82, 2.24) is 0 Å². The predicted molar refractivity (Wildman–Crippen MR) is 20.2 cm³/mol. The van der Waals surface area contributed by atoms with Crippen molar-refractivity contribution in [1.29, 1.82) is 0 Å². The largest absolute Gasteiger partial charge is 0.661 e. The standard InChI is InChI=1S/C4H4O5/c5-3(6)1-2-4(7)9-8/h1-2,8H,(H,5,6)/p-2/b2-1+. The lowest BCUT2D eigenvalue weighted by Gasteiger charge is -1.99. The third-order valence-corrected chi connectivity index (χ3v) is 0.438. The highest BCUT2D eigenvalue weighted by atomic mass is 17.1. The Hall–Kier alpha value is -1.36. The van der Waals surface area contributed by atoms with Crippen LogP contribution in [0.2, 0.25) is 0 Å². The van der Waals surface area contributed by atoms with Crippen LogP contribution in [0, 0.1) is 0 Å². The topological polar surface area (TPSA) is 89.5 Å². The first kappa shape index (κ1) is 7.64. The van der Waals surface area contributed by atoms with Crippen LogP contribution in [0.4, 0.5) is 0 Å². The molecule has 0 bridgehead atoms. The van der Waals surface area contributed by atoms with Crippen LogP contribution in [0.5, 0.6) is 0 Å². The maximum Gasteiger partial charge on any atom is 0.325 e. The molecule has 0 saturated carbocycles. The Labute approximate surface area is 50.1 Å². The minimum atomic E-state index is -1.56. The van der Waals surface area contributed by atoms with Gasteiger partial charge in [-0.3, -0.25) is 0 Å². The van der Waals surface area contributed by atoms with E-state index in [1.165, 1.54) is 0 Å². The molecule has 0 radical (unpaired) electrons. The van der Waals surface area contributed by atoms with E-state index in [0.717, 1.165) is 0 Å². The van der Waals surface area contributed by atoms with Crippen molar-refractivity contribution in [2.24, 2.45) is 0 Å². The molecule has 0 unspecified atom stereocenters. The van der Waals surface area contributed by atoms with Crippen LogP contribution in [0.25, 0.3) is 0 Å². The minimum absolute atomic E-state index is 0.403. The van der Waals surface area contributed by atoms with Crippen molar-refractivity contribution in [2.75, 3.05) is 0 Å². The Balaban J connectivity index is 3.71. The van der Waals surface area contributed by atoms with Gasteiger partial charge in [0.25, 0.3) is 0 Å². The number of carboxylic acid groups (broad SMARTS) is 1. The Morgan fingerprint density at radius 1 is 1.33 bits per heavy atom. The zero-order valence-corrected chi connectivity index (χ0v) is 4.20. The molecule has 5 nitrogen and oxygen atoms in total. The molecule has 0 aromatic heterocycles. The second kappa shape index (κ2) is 3.62. The van der Waals surface area contributed by atoms with E-state index in [1.54, 1.807) is 0 Å². The molecule has 0 atom stereocenters. The van der Waals surface area contributed by atoms with Crippen LogP contribution >= 0.6 is 0 Å². The van der Waals surface area contributed by atoms with E-state index in [1.807, 2.05) is 0 Å². The van der Waals surface area contributed by atoms with Gasteiger partial charge in [0.15, 0.2) is 0 Å². The highest BCUT2D eigenvalue weighted by molar-refractivity contribution is 5.89. The van der Waals surface area contributed by atoms with Gasteiger partial charge in [-0.1, -0.05) is 0 Å². The SMILES string of the molecule is O=C([O-])/C=C/C(=O)O[O-]. The lowest BCUT2D eigenvalue weighted by Crippen LogP contribution is -2.20. The monoisotopic (exact) mass is 130 g/mol. The van der Waals surface area contributed by atoms with Crippen molar-refractivity contribution in [2.45, 2.75) is 0 Å². The van der Waals surface area contributed by atoms with Gasteiger partial charge in [0.2, 0.25) is 0 Å². The third-order valence-electron chi connectivity index (χ3n) is 0.438. The number of carbonyl (C=O) groups is 2. The highest BCUT2D eigenvalue weighted by Crippen LogP contribution is 1.72. The zero-order chi connectivity index (χ0) is 7.28. The summed E-state index contributed by atoms with van der Waals surface area (Å²) in [6, 6.07) is 0. The molecule has 0 saturated heterocycles. The lowest BCUT2D eigenvalue weighted by molar-refractivity contribution is -0.655. The van der Waals surface area contributed by atoms with Gasteiger partial charge in [-0.25, -0.2) is 4.79 Å². The summed E-state index contributed by atoms with van der Waals surface area (Å²) in [4.78, 5) is 22.1. The maximum atomic E-state index is 9.80. The third kappa shape index (κ3) is 4.49. The molecular formula is C4H2O5-2. The summed E-state index contributed by atoms with van der Waals surface area (Å²) in [5.41, 5.74) is 0. The predicted octanol–water partition coefficient (Wildman–Crippen LogP) is -2.89. The quantitative estimate of drug-likeness (QED) is 0.227. The smallest absolute Gasteiger partial charge is 0.325 e. The van der Waals surface area contributed by atoms with E-state index in [0.29, 0.717) is 12.2 Å². The Kier molecular flexibility index (Phi) is 3.07. The molecule has 0 aliphatic carbocycles. The molecule has 0 aromatic rings. The van der Waals surface area contributed by atoms with E-state index in [-0.39, 0.29) is 0 Å². The molecule has 0 rings (SSSR count). The second-order valence-corrected chi connectivity index (χ2v) is 1.05. The van der Waals surface area contributed by atoms with Crippen LogP contribution in [-0.4, -0.2) is 11.9 Å². The van der Waals surface area contributed by atoms with Gasteiger partial charge in [0.1, 0.15) is 0 Å². The molecule has 0 heterocycles. The summed E-state index contributed by atoms with van der Waals surface area (Å²) in [6.07, 6.45) is 0.864. The molecule has 0 N–H and O–H groups in total. The number of aliphatic carboxylic acids is 1. The first-order valence-corrected chi connectivity index (χ1v) is 1.89. The van der Waals surface area contributed by atoms with Crippen LogP contribution in [0.15, 0.2) is 12.2 Å². The Morgan fingerprint density at radius 3 is 2.22 bits per heavy atom. The van der Waals surface area contributed by atoms with Crippen molar-refractivity contribution >= 4 is 11.9 Å². The first-order chi connectivity index (χ1) is 4.16. The van der Waals surface area contributed by atoms with Crippen LogP contribution in [0.1, 0.15) is 0 Å². The van der Waals surface area contributed by atoms with Gasteiger partial charge in [-0.15, -0.1) is 0 Å². The molecule has 0 aromatic carbocycles. The van der Waals surface area contributed by atoms with E-state index >= 15 is 0 Å². The van der Waals surface area contributed by atoms with Gasteiger partial charge in [-0.2, -0.15) is 0 Å². The Bertz CT molecular complexity index is 147. The average molecular weight is 130 g/mol. The van der Waals surface area contributed by atoms with Crippen molar-refractivity contribution in [3.05, 3.63) is 12.2 Å². The van der Waals surface area contributed by atoms with E-state index < -0.39 is 11.9 Å². The van der Waals surface area contributed by atoms with Crippen LogP contribution < -0.4 is 10.4 Å². The summed E-state index contributed by atoms with van der Waals surface area (Å²) in [6.45, 7) is 0. The van der Waals surface area contributed by atoms with Crippen LogP contribution in [-0.2, 0) is 14.5 Å². The lowest BCUT2D eigenvalue weighted by atomic mass is 10.5. The van der Waals surface area contributed by atoms with E-state index in [2.05, 4.69) is 4.89 Å². The van der Waals surface area contributed by atoms with Gasteiger partial charge < -0.3 is 20.0 Å². The summed E-state index contributed by atoms with van der Waals surface area (Å²) < 4.78 is 0. The molecule has 0 fully saturated rings. The Morgan fingerprint density at radius 2 is 1.89 bits per heavy atom. The number of carboxylic acids is 1. The zero-order valence-electron chi connectivity index (χ0n) is 4.20. The molecule has 0 aliphatic rings. The summed E-state index contributed by atoms with van der Waals surface area (Å²) in [5.74, 6) is -2.82. The number of rotatable bonds is 2. The molecule has 50 valence electrons. The minimum Gasteiger partial charge on any atom is -0.661 e. The fourth-order valence-corrected chi connectivity index (χ4v) is 0.164.